The van der Waals surface area contributed by atoms with E-state index in [1.54, 1.807) is 31.2 Å². The number of rotatable bonds is 12. The van der Waals surface area contributed by atoms with Crippen LogP contribution in [0.15, 0.2) is 91.0 Å². The third-order valence-corrected chi connectivity index (χ3v) is 6.99. The SMILES string of the molecule is Cc1cc(-c2ccc(CCCCCCCc3ccc(-c4ccc(OC(F)(F)F)cc4)cc3)cc2)ccc1OC(F)(F)F. The Kier molecular flexibility index (Phi) is 10.2. The summed E-state index contributed by atoms with van der Waals surface area (Å²) in [7, 11) is 0. The number of halogens is 6. The maximum Gasteiger partial charge on any atom is 0.573 e. The third kappa shape index (κ3) is 9.86. The zero-order valence-corrected chi connectivity index (χ0v) is 23.2. The first-order valence-corrected chi connectivity index (χ1v) is 13.9. The van der Waals surface area contributed by atoms with Gasteiger partial charge in [-0.2, -0.15) is 0 Å². The first kappa shape index (κ1) is 31.0. The number of hydrogen-bond donors (Lipinski definition) is 0. The van der Waals surface area contributed by atoms with Crippen molar-refractivity contribution in [3.8, 4) is 33.8 Å². The van der Waals surface area contributed by atoms with Gasteiger partial charge in [0.25, 0.3) is 0 Å². The molecule has 0 aliphatic carbocycles. The summed E-state index contributed by atoms with van der Waals surface area (Å²) < 4.78 is 82.5. The molecule has 4 rings (SSSR count). The molecule has 8 heteroatoms. The molecule has 4 aromatic carbocycles. The first-order valence-electron chi connectivity index (χ1n) is 13.9. The van der Waals surface area contributed by atoms with E-state index in [0.717, 1.165) is 67.2 Å². The fraction of sp³-hybridized carbons (Fsp3) is 0.294. The Morgan fingerprint density at radius 3 is 1.33 bits per heavy atom. The van der Waals surface area contributed by atoms with Crippen molar-refractivity contribution in [1.82, 2.24) is 0 Å². The molecule has 0 saturated heterocycles. The van der Waals surface area contributed by atoms with Crippen LogP contribution in [0.1, 0.15) is 48.8 Å². The molecular weight excluding hydrogens is 554 g/mol. The molecule has 222 valence electrons. The molecule has 0 spiro atoms. The van der Waals surface area contributed by atoms with E-state index in [1.165, 1.54) is 29.3 Å². The quantitative estimate of drug-likeness (QED) is 0.121. The highest BCUT2D eigenvalue weighted by atomic mass is 19.4. The van der Waals surface area contributed by atoms with Gasteiger partial charge in [-0.05, 0) is 95.8 Å². The topological polar surface area (TPSA) is 18.5 Å². The Morgan fingerprint density at radius 1 is 0.476 bits per heavy atom. The Balaban J connectivity index is 1.14. The van der Waals surface area contributed by atoms with Crippen LogP contribution in [0, 0.1) is 6.92 Å². The standard InChI is InChI=1S/C34H32F6O2/c1-24-23-30(19-22-32(24)42-34(38,39)40)29-15-11-26(12-16-29)8-6-4-2-3-5-7-25-9-13-27(14-10-25)28-17-20-31(21-18-28)41-33(35,36)37/h9-23H,2-8H2,1H3. The van der Waals surface area contributed by atoms with E-state index < -0.39 is 12.7 Å². The van der Waals surface area contributed by atoms with Crippen molar-refractivity contribution in [2.75, 3.05) is 0 Å². The molecule has 0 unspecified atom stereocenters. The van der Waals surface area contributed by atoms with Crippen LogP contribution in [0.3, 0.4) is 0 Å². The second kappa shape index (κ2) is 13.8. The summed E-state index contributed by atoms with van der Waals surface area (Å²) in [6, 6.07) is 26.8. The van der Waals surface area contributed by atoms with Gasteiger partial charge in [0, 0.05) is 0 Å². The molecule has 0 radical (unpaired) electrons. The third-order valence-electron chi connectivity index (χ3n) is 6.99. The second-order valence-corrected chi connectivity index (χ2v) is 10.3. The number of aryl methyl sites for hydroxylation is 3. The summed E-state index contributed by atoms with van der Waals surface area (Å²) in [5.41, 5.74) is 6.45. The highest BCUT2D eigenvalue weighted by Gasteiger charge is 2.32. The highest BCUT2D eigenvalue weighted by molar-refractivity contribution is 5.66. The molecule has 0 aliphatic rings. The van der Waals surface area contributed by atoms with Crippen LogP contribution in [0.2, 0.25) is 0 Å². The van der Waals surface area contributed by atoms with Gasteiger partial charge < -0.3 is 9.47 Å². The van der Waals surface area contributed by atoms with Crippen molar-refractivity contribution in [2.45, 2.75) is 64.6 Å². The van der Waals surface area contributed by atoms with Crippen LogP contribution in [-0.4, -0.2) is 12.7 Å². The molecule has 4 aromatic rings. The van der Waals surface area contributed by atoms with Crippen LogP contribution in [0.4, 0.5) is 26.3 Å². The van der Waals surface area contributed by atoms with Gasteiger partial charge in [0.15, 0.2) is 0 Å². The van der Waals surface area contributed by atoms with E-state index >= 15 is 0 Å². The number of unbranched alkanes of at least 4 members (excludes halogenated alkanes) is 4. The maximum atomic E-state index is 12.5. The van der Waals surface area contributed by atoms with Crippen molar-refractivity contribution in [3.05, 3.63) is 108 Å². The fourth-order valence-electron chi connectivity index (χ4n) is 4.83. The molecule has 0 aromatic heterocycles. The van der Waals surface area contributed by atoms with E-state index in [2.05, 4.69) is 33.7 Å². The van der Waals surface area contributed by atoms with Crippen LogP contribution in [0.5, 0.6) is 11.5 Å². The molecule has 0 amide bonds. The molecule has 0 N–H and O–H groups in total. The minimum Gasteiger partial charge on any atom is -0.406 e. The minimum absolute atomic E-state index is 0.188. The molecule has 42 heavy (non-hydrogen) atoms. The molecule has 0 fully saturated rings. The van der Waals surface area contributed by atoms with E-state index in [0.29, 0.717) is 5.56 Å². The second-order valence-electron chi connectivity index (χ2n) is 10.3. The van der Waals surface area contributed by atoms with Gasteiger partial charge in [-0.15, -0.1) is 26.3 Å². The van der Waals surface area contributed by atoms with E-state index in [-0.39, 0.29) is 11.5 Å². The van der Waals surface area contributed by atoms with Gasteiger partial charge in [-0.1, -0.05) is 86.0 Å². The summed E-state index contributed by atoms with van der Waals surface area (Å²) in [6.45, 7) is 1.60. The molecule has 0 atom stereocenters. The first-order chi connectivity index (χ1) is 19.9. The van der Waals surface area contributed by atoms with Gasteiger partial charge in [-0.25, -0.2) is 0 Å². The predicted molar refractivity (Wildman–Crippen MR) is 152 cm³/mol. The normalized spacial score (nSPS) is 11.9. The smallest absolute Gasteiger partial charge is 0.406 e. The zero-order chi connectivity index (χ0) is 30.2. The molecule has 0 aliphatic heterocycles. The summed E-state index contributed by atoms with van der Waals surface area (Å²) in [5, 5.41) is 0. The van der Waals surface area contributed by atoms with Crippen LogP contribution in [-0.2, 0) is 12.8 Å². The average Bonchev–Trinajstić information content (AvgIpc) is 2.93. The van der Waals surface area contributed by atoms with Crippen LogP contribution < -0.4 is 9.47 Å². The summed E-state index contributed by atoms with van der Waals surface area (Å²) in [4.78, 5) is 0. The van der Waals surface area contributed by atoms with Crippen LogP contribution in [0.25, 0.3) is 22.3 Å². The molecule has 0 heterocycles. The van der Waals surface area contributed by atoms with Gasteiger partial charge in [0.2, 0.25) is 0 Å². The number of ether oxygens (including phenoxy) is 2. The largest absolute Gasteiger partial charge is 0.573 e. The van der Waals surface area contributed by atoms with Crippen molar-refractivity contribution in [2.24, 2.45) is 0 Å². The molecule has 0 bridgehead atoms. The Labute approximate surface area is 241 Å². The average molecular weight is 587 g/mol. The fourth-order valence-corrected chi connectivity index (χ4v) is 4.83. The molecular formula is C34H32F6O2. The minimum atomic E-state index is -4.71. The summed E-state index contributed by atoms with van der Waals surface area (Å²) in [6.07, 6.45) is -1.87. The lowest BCUT2D eigenvalue weighted by molar-refractivity contribution is -0.275. The Bertz CT molecular complexity index is 1410. The van der Waals surface area contributed by atoms with E-state index in [1.807, 2.05) is 24.3 Å². The molecule has 0 saturated carbocycles. The highest BCUT2D eigenvalue weighted by Crippen LogP contribution is 2.31. The lowest BCUT2D eigenvalue weighted by Gasteiger charge is -2.12. The lowest BCUT2D eigenvalue weighted by atomic mass is 9.99. The Hall–Kier alpha value is -3.94. The van der Waals surface area contributed by atoms with Gasteiger partial charge in [0.1, 0.15) is 11.5 Å². The van der Waals surface area contributed by atoms with Crippen LogP contribution >= 0.6 is 0 Å². The van der Waals surface area contributed by atoms with Crippen molar-refractivity contribution < 1.29 is 35.8 Å². The maximum absolute atomic E-state index is 12.5. The van der Waals surface area contributed by atoms with Gasteiger partial charge in [0.05, 0.1) is 0 Å². The molecule has 2 nitrogen and oxygen atoms in total. The zero-order valence-electron chi connectivity index (χ0n) is 23.2. The number of hydrogen-bond acceptors (Lipinski definition) is 2. The lowest BCUT2D eigenvalue weighted by Crippen LogP contribution is -2.17. The summed E-state index contributed by atoms with van der Waals surface area (Å²) in [5.74, 6) is -0.423. The predicted octanol–water partition coefficient (Wildman–Crippen LogP) is 10.9. The van der Waals surface area contributed by atoms with Crippen molar-refractivity contribution in [3.63, 3.8) is 0 Å². The van der Waals surface area contributed by atoms with Gasteiger partial charge in [-0.3, -0.25) is 0 Å². The van der Waals surface area contributed by atoms with Crippen molar-refractivity contribution >= 4 is 0 Å². The Morgan fingerprint density at radius 2 is 0.881 bits per heavy atom. The summed E-state index contributed by atoms with van der Waals surface area (Å²) >= 11 is 0. The monoisotopic (exact) mass is 586 g/mol. The number of benzene rings is 4. The number of alkyl halides is 6. The van der Waals surface area contributed by atoms with E-state index in [9.17, 15) is 26.3 Å². The van der Waals surface area contributed by atoms with Crippen molar-refractivity contribution in [1.29, 1.82) is 0 Å². The van der Waals surface area contributed by atoms with E-state index in [4.69, 9.17) is 0 Å². The van der Waals surface area contributed by atoms with Gasteiger partial charge >= 0.3 is 12.7 Å².